The van der Waals surface area contributed by atoms with Gasteiger partial charge in [-0.1, -0.05) is 15.9 Å². The molecule has 3 heteroatoms. The van der Waals surface area contributed by atoms with Crippen LogP contribution >= 0.6 is 15.9 Å². The molecule has 0 aliphatic carbocycles. The SMILES string of the molecule is Cc1cc(Br)cc(C)c1NCCCF. The number of anilines is 1. The lowest BCUT2D eigenvalue weighted by Crippen LogP contribution is -2.05. The lowest BCUT2D eigenvalue weighted by atomic mass is 10.1. The van der Waals surface area contributed by atoms with E-state index >= 15 is 0 Å². The van der Waals surface area contributed by atoms with Crippen LogP contribution in [0, 0.1) is 13.8 Å². The van der Waals surface area contributed by atoms with E-state index in [9.17, 15) is 4.39 Å². The summed E-state index contributed by atoms with van der Waals surface area (Å²) in [4.78, 5) is 0. The Morgan fingerprint density at radius 3 is 2.36 bits per heavy atom. The molecule has 1 rings (SSSR count). The van der Waals surface area contributed by atoms with Crippen molar-refractivity contribution in [2.75, 3.05) is 18.5 Å². The standard InChI is InChI=1S/C11H15BrFN/c1-8-6-10(12)7-9(2)11(8)14-5-3-4-13/h6-7,14H,3-5H2,1-2H3. The molecular weight excluding hydrogens is 245 g/mol. The van der Waals surface area contributed by atoms with Gasteiger partial charge in [-0.25, -0.2) is 0 Å². The van der Waals surface area contributed by atoms with Crippen LogP contribution in [-0.4, -0.2) is 13.2 Å². The summed E-state index contributed by atoms with van der Waals surface area (Å²) in [7, 11) is 0. The van der Waals surface area contributed by atoms with E-state index in [-0.39, 0.29) is 6.67 Å². The average molecular weight is 260 g/mol. The van der Waals surface area contributed by atoms with Gasteiger partial charge in [0.05, 0.1) is 6.67 Å². The van der Waals surface area contributed by atoms with Crippen molar-refractivity contribution in [2.45, 2.75) is 20.3 Å². The largest absolute Gasteiger partial charge is 0.385 e. The second kappa shape index (κ2) is 5.35. The van der Waals surface area contributed by atoms with Crippen molar-refractivity contribution >= 4 is 21.6 Å². The first-order chi connectivity index (χ1) is 6.65. The number of rotatable bonds is 4. The summed E-state index contributed by atoms with van der Waals surface area (Å²) in [6, 6.07) is 4.12. The van der Waals surface area contributed by atoms with E-state index in [4.69, 9.17) is 0 Å². The van der Waals surface area contributed by atoms with Crippen LogP contribution in [0.4, 0.5) is 10.1 Å². The van der Waals surface area contributed by atoms with Gasteiger partial charge in [-0.15, -0.1) is 0 Å². The number of nitrogens with one attached hydrogen (secondary N) is 1. The van der Waals surface area contributed by atoms with Crippen molar-refractivity contribution in [3.63, 3.8) is 0 Å². The van der Waals surface area contributed by atoms with Gasteiger partial charge in [0, 0.05) is 16.7 Å². The number of aryl methyl sites for hydroxylation is 2. The molecule has 0 bridgehead atoms. The Morgan fingerprint density at radius 1 is 1.29 bits per heavy atom. The Balaban J connectivity index is 2.75. The van der Waals surface area contributed by atoms with E-state index in [1.807, 2.05) is 0 Å². The first kappa shape index (κ1) is 11.5. The zero-order valence-corrected chi connectivity index (χ0v) is 10.1. The molecule has 1 nitrogen and oxygen atoms in total. The fourth-order valence-electron chi connectivity index (χ4n) is 1.47. The molecule has 0 fully saturated rings. The van der Waals surface area contributed by atoms with Crippen molar-refractivity contribution in [3.05, 3.63) is 27.7 Å². The smallest absolute Gasteiger partial charge is 0.0911 e. The zero-order chi connectivity index (χ0) is 10.6. The molecule has 0 heterocycles. The number of alkyl halides is 1. The van der Waals surface area contributed by atoms with E-state index < -0.39 is 0 Å². The van der Waals surface area contributed by atoms with Crippen LogP contribution in [0.15, 0.2) is 16.6 Å². The molecule has 0 atom stereocenters. The Hall–Kier alpha value is -0.570. The van der Waals surface area contributed by atoms with Crippen molar-refractivity contribution in [1.82, 2.24) is 0 Å². The monoisotopic (exact) mass is 259 g/mol. The normalized spacial score (nSPS) is 10.3. The van der Waals surface area contributed by atoms with E-state index in [0.29, 0.717) is 13.0 Å². The lowest BCUT2D eigenvalue weighted by molar-refractivity contribution is 0.481. The molecular formula is C11H15BrFN. The van der Waals surface area contributed by atoms with Gasteiger partial charge in [0.15, 0.2) is 0 Å². The van der Waals surface area contributed by atoms with Crippen LogP contribution in [0.2, 0.25) is 0 Å². The summed E-state index contributed by atoms with van der Waals surface area (Å²) in [5.41, 5.74) is 3.51. The third-order valence-corrected chi connectivity index (χ3v) is 2.57. The van der Waals surface area contributed by atoms with Gasteiger partial charge >= 0.3 is 0 Å². The molecule has 1 N–H and O–H groups in total. The van der Waals surface area contributed by atoms with Gasteiger partial charge in [-0.2, -0.15) is 0 Å². The number of hydrogen-bond acceptors (Lipinski definition) is 1. The molecule has 0 saturated heterocycles. The van der Waals surface area contributed by atoms with Gasteiger partial charge in [0.1, 0.15) is 0 Å². The molecule has 14 heavy (non-hydrogen) atoms. The number of halogens is 2. The molecule has 0 radical (unpaired) electrons. The summed E-state index contributed by atoms with van der Waals surface area (Å²) >= 11 is 3.44. The maximum atomic E-state index is 11.9. The summed E-state index contributed by atoms with van der Waals surface area (Å²) < 4.78 is 13.0. The van der Waals surface area contributed by atoms with Crippen LogP contribution in [0.25, 0.3) is 0 Å². The average Bonchev–Trinajstić information content (AvgIpc) is 2.09. The summed E-state index contributed by atoms with van der Waals surface area (Å²) in [5.74, 6) is 0. The highest BCUT2D eigenvalue weighted by Crippen LogP contribution is 2.24. The van der Waals surface area contributed by atoms with E-state index in [2.05, 4.69) is 47.2 Å². The van der Waals surface area contributed by atoms with Crippen molar-refractivity contribution in [3.8, 4) is 0 Å². The predicted octanol–water partition coefficient (Wildman–Crippen LogP) is 3.84. The van der Waals surface area contributed by atoms with Crippen molar-refractivity contribution in [2.24, 2.45) is 0 Å². The topological polar surface area (TPSA) is 12.0 Å². The van der Waals surface area contributed by atoms with Crippen molar-refractivity contribution < 1.29 is 4.39 Å². The second-order valence-electron chi connectivity index (χ2n) is 3.38. The first-order valence-electron chi connectivity index (χ1n) is 4.71. The molecule has 0 unspecified atom stereocenters. The molecule has 1 aromatic rings. The Kier molecular flexibility index (Phi) is 4.39. The van der Waals surface area contributed by atoms with E-state index in [1.54, 1.807) is 0 Å². The lowest BCUT2D eigenvalue weighted by Gasteiger charge is -2.12. The highest BCUT2D eigenvalue weighted by molar-refractivity contribution is 9.10. The zero-order valence-electron chi connectivity index (χ0n) is 8.53. The van der Waals surface area contributed by atoms with Crippen LogP contribution in [0.1, 0.15) is 17.5 Å². The molecule has 0 aliphatic heterocycles. The maximum absolute atomic E-state index is 11.9. The van der Waals surface area contributed by atoms with Gasteiger partial charge in [-0.3, -0.25) is 4.39 Å². The summed E-state index contributed by atoms with van der Waals surface area (Å²) in [5, 5.41) is 3.25. The molecule has 0 spiro atoms. The van der Waals surface area contributed by atoms with Crippen LogP contribution in [0.3, 0.4) is 0 Å². The summed E-state index contributed by atoms with van der Waals surface area (Å²) in [6.45, 7) is 4.53. The minimum Gasteiger partial charge on any atom is -0.385 e. The van der Waals surface area contributed by atoms with Crippen LogP contribution < -0.4 is 5.32 Å². The molecule has 78 valence electrons. The second-order valence-corrected chi connectivity index (χ2v) is 4.30. The van der Waals surface area contributed by atoms with Gasteiger partial charge < -0.3 is 5.32 Å². The maximum Gasteiger partial charge on any atom is 0.0911 e. The number of hydrogen-bond donors (Lipinski definition) is 1. The molecule has 1 aromatic carbocycles. The Labute approximate surface area is 92.8 Å². The molecule has 0 saturated carbocycles. The highest BCUT2D eigenvalue weighted by atomic mass is 79.9. The quantitative estimate of drug-likeness (QED) is 0.811. The highest BCUT2D eigenvalue weighted by Gasteiger charge is 2.02. The number of benzene rings is 1. The first-order valence-corrected chi connectivity index (χ1v) is 5.51. The summed E-state index contributed by atoms with van der Waals surface area (Å²) in [6.07, 6.45) is 0.564. The van der Waals surface area contributed by atoms with Gasteiger partial charge in [-0.05, 0) is 43.5 Å². The van der Waals surface area contributed by atoms with Crippen LogP contribution in [-0.2, 0) is 0 Å². The minimum absolute atomic E-state index is 0.262. The third-order valence-electron chi connectivity index (χ3n) is 2.11. The van der Waals surface area contributed by atoms with E-state index in [0.717, 1.165) is 10.2 Å². The fraction of sp³-hybridized carbons (Fsp3) is 0.455. The van der Waals surface area contributed by atoms with Crippen LogP contribution in [0.5, 0.6) is 0 Å². The van der Waals surface area contributed by atoms with Gasteiger partial charge in [0.2, 0.25) is 0 Å². The third kappa shape index (κ3) is 2.98. The molecule has 0 aromatic heterocycles. The van der Waals surface area contributed by atoms with E-state index in [1.165, 1.54) is 11.1 Å². The Bertz CT molecular complexity index is 289. The van der Waals surface area contributed by atoms with Crippen molar-refractivity contribution in [1.29, 1.82) is 0 Å². The molecule has 0 aliphatic rings. The Morgan fingerprint density at radius 2 is 1.86 bits per heavy atom. The molecule has 0 amide bonds. The van der Waals surface area contributed by atoms with Gasteiger partial charge in [0.25, 0.3) is 0 Å². The fourth-order valence-corrected chi connectivity index (χ4v) is 2.16. The predicted molar refractivity (Wildman–Crippen MR) is 62.7 cm³/mol. The minimum atomic E-state index is -0.262.